The molecule has 7 nitrogen and oxygen atoms in total. The summed E-state index contributed by atoms with van der Waals surface area (Å²) in [5.74, 6) is 0.0190. The Kier molecular flexibility index (Phi) is 8.92. The van der Waals surface area contributed by atoms with Crippen LogP contribution in [0.15, 0.2) is 78.6 Å². The van der Waals surface area contributed by atoms with Crippen LogP contribution in [0.4, 0.5) is 10.5 Å². The van der Waals surface area contributed by atoms with Crippen LogP contribution in [-0.2, 0) is 6.54 Å². The molecule has 0 atom stereocenters. The maximum Gasteiger partial charge on any atom is 0.411 e. The molecule has 38 heavy (non-hydrogen) atoms. The number of carboxylic acid groups (broad SMARTS) is 1. The van der Waals surface area contributed by atoms with Gasteiger partial charge in [-0.2, -0.15) is 0 Å². The average molecular weight is 513 g/mol. The Morgan fingerprint density at radius 2 is 1.58 bits per heavy atom. The van der Waals surface area contributed by atoms with Crippen LogP contribution in [0, 0.1) is 0 Å². The predicted octanol–water partition coefficient (Wildman–Crippen LogP) is 5.78. The number of nitrogens with zero attached hydrogens (tertiary/aromatic N) is 4. The highest BCUT2D eigenvalue weighted by molar-refractivity contribution is 5.97. The minimum absolute atomic E-state index is 0.0190. The molecule has 0 unspecified atom stereocenters. The number of pyridine rings is 1. The number of amides is 2. The highest BCUT2D eigenvalue weighted by atomic mass is 16.4. The first-order chi connectivity index (χ1) is 18.4. The summed E-state index contributed by atoms with van der Waals surface area (Å²) in [6.45, 7) is 7.96. The van der Waals surface area contributed by atoms with Gasteiger partial charge in [-0.25, -0.2) is 4.79 Å². The number of hydrogen-bond donors (Lipinski definition) is 1. The van der Waals surface area contributed by atoms with E-state index < -0.39 is 6.09 Å². The summed E-state index contributed by atoms with van der Waals surface area (Å²) in [5, 5.41) is 9.75. The topological polar surface area (TPSA) is 77.0 Å². The molecule has 0 aliphatic carbocycles. The molecular weight excluding hydrogens is 476 g/mol. The number of rotatable bonds is 8. The van der Waals surface area contributed by atoms with Crippen LogP contribution in [0.2, 0.25) is 0 Å². The van der Waals surface area contributed by atoms with Crippen molar-refractivity contribution in [3.63, 3.8) is 0 Å². The molecule has 1 aliphatic rings. The van der Waals surface area contributed by atoms with Crippen molar-refractivity contribution in [2.45, 2.75) is 33.2 Å². The Labute approximate surface area is 225 Å². The van der Waals surface area contributed by atoms with E-state index in [1.807, 2.05) is 79.5 Å². The Hall–Kier alpha value is -3.97. The minimum atomic E-state index is -1.01. The van der Waals surface area contributed by atoms with Gasteiger partial charge in [-0.05, 0) is 67.7 Å². The second-order valence-electron chi connectivity index (χ2n) is 9.53. The smallest absolute Gasteiger partial charge is 0.411 e. The van der Waals surface area contributed by atoms with Crippen molar-refractivity contribution in [3.05, 3.63) is 101 Å². The van der Waals surface area contributed by atoms with Gasteiger partial charge in [0.1, 0.15) is 0 Å². The number of anilines is 1. The molecule has 0 radical (unpaired) electrons. The summed E-state index contributed by atoms with van der Waals surface area (Å²) in [6.07, 6.45) is 4.45. The molecule has 0 bridgehead atoms. The van der Waals surface area contributed by atoms with E-state index in [4.69, 9.17) is 0 Å². The maximum atomic E-state index is 12.9. The Morgan fingerprint density at radius 1 is 0.921 bits per heavy atom. The second-order valence-corrected chi connectivity index (χ2v) is 9.53. The molecule has 7 heteroatoms. The normalized spacial score (nSPS) is 13.7. The lowest BCUT2D eigenvalue weighted by Gasteiger charge is -2.31. The van der Waals surface area contributed by atoms with Crippen LogP contribution in [0.25, 0.3) is 5.57 Å². The van der Waals surface area contributed by atoms with Gasteiger partial charge in [-0.3, -0.25) is 19.6 Å². The van der Waals surface area contributed by atoms with Crippen LogP contribution in [0.5, 0.6) is 0 Å². The van der Waals surface area contributed by atoms with E-state index in [1.54, 1.807) is 13.2 Å². The molecule has 4 rings (SSSR count). The second kappa shape index (κ2) is 12.5. The summed E-state index contributed by atoms with van der Waals surface area (Å²) in [4.78, 5) is 34.5. The molecule has 2 aromatic carbocycles. The molecule has 3 aromatic rings. The first-order valence-electron chi connectivity index (χ1n) is 13.2. The fourth-order valence-corrected chi connectivity index (χ4v) is 5.08. The van der Waals surface area contributed by atoms with Crippen molar-refractivity contribution in [3.8, 4) is 0 Å². The van der Waals surface area contributed by atoms with Crippen molar-refractivity contribution >= 4 is 23.3 Å². The van der Waals surface area contributed by atoms with Crippen LogP contribution in [0.3, 0.4) is 0 Å². The fraction of sp³-hybridized carbons (Fsp3) is 0.323. The number of hydrogen-bond acceptors (Lipinski definition) is 4. The van der Waals surface area contributed by atoms with E-state index in [1.165, 1.54) is 16.0 Å². The van der Waals surface area contributed by atoms with Gasteiger partial charge in [0, 0.05) is 63.3 Å². The Balaban J connectivity index is 1.71. The van der Waals surface area contributed by atoms with Gasteiger partial charge >= 0.3 is 6.09 Å². The maximum absolute atomic E-state index is 12.9. The lowest BCUT2D eigenvalue weighted by molar-refractivity contribution is 0.0773. The number of aromatic nitrogens is 1. The number of carbonyl (C=O) groups is 2. The molecule has 1 fully saturated rings. The van der Waals surface area contributed by atoms with E-state index in [9.17, 15) is 14.7 Å². The average Bonchev–Trinajstić information content (AvgIpc) is 2.95. The summed E-state index contributed by atoms with van der Waals surface area (Å²) < 4.78 is 0. The van der Waals surface area contributed by atoms with E-state index in [2.05, 4.69) is 16.0 Å². The zero-order valence-electron chi connectivity index (χ0n) is 22.4. The lowest BCUT2D eigenvalue weighted by Crippen LogP contribution is -2.31. The van der Waals surface area contributed by atoms with E-state index >= 15 is 0 Å². The molecule has 1 saturated heterocycles. The van der Waals surface area contributed by atoms with E-state index in [-0.39, 0.29) is 5.91 Å². The van der Waals surface area contributed by atoms with Crippen LogP contribution in [0.1, 0.15) is 53.7 Å². The standard InChI is InChI=1S/C31H36N4O3/c1-4-35(5-2)30(36)26-14-12-24(13-15-26)29(27-10-6-7-11-28(27)33(3)31(37)38)25-16-19-34(20-17-25)22-23-9-8-18-32-21-23/h6-15,18,21H,4-5,16-17,19-20,22H2,1-3H3,(H,37,38). The van der Waals surface area contributed by atoms with E-state index in [0.29, 0.717) is 24.3 Å². The van der Waals surface area contributed by atoms with Gasteiger partial charge in [-0.15, -0.1) is 0 Å². The van der Waals surface area contributed by atoms with Crippen LogP contribution in [-0.4, -0.2) is 65.1 Å². The van der Waals surface area contributed by atoms with Gasteiger partial charge in [0.05, 0.1) is 5.69 Å². The number of carbonyl (C=O) groups excluding carboxylic acids is 1. The third-order valence-corrected chi connectivity index (χ3v) is 7.23. The number of benzene rings is 2. The lowest BCUT2D eigenvalue weighted by atomic mass is 9.87. The SMILES string of the molecule is CCN(CC)C(=O)c1ccc(C(=C2CCN(Cc3cccnc3)CC2)c2ccccc2N(C)C(=O)O)cc1. The van der Waals surface area contributed by atoms with Crippen molar-refractivity contribution in [1.29, 1.82) is 0 Å². The zero-order valence-corrected chi connectivity index (χ0v) is 22.4. The van der Waals surface area contributed by atoms with Gasteiger partial charge in [0.15, 0.2) is 0 Å². The molecule has 1 aliphatic heterocycles. The Morgan fingerprint density at radius 3 is 2.18 bits per heavy atom. The third-order valence-electron chi connectivity index (χ3n) is 7.23. The molecule has 1 aromatic heterocycles. The van der Waals surface area contributed by atoms with Crippen molar-refractivity contribution in [1.82, 2.24) is 14.8 Å². The number of likely N-dealkylation sites (tertiary alicyclic amines) is 1. The largest absolute Gasteiger partial charge is 0.465 e. The summed E-state index contributed by atoms with van der Waals surface area (Å²) in [6, 6.07) is 19.5. The monoisotopic (exact) mass is 512 g/mol. The van der Waals surface area contributed by atoms with E-state index in [0.717, 1.165) is 49.2 Å². The zero-order chi connectivity index (χ0) is 27.1. The minimum Gasteiger partial charge on any atom is -0.465 e. The summed E-state index contributed by atoms with van der Waals surface area (Å²) in [7, 11) is 1.58. The van der Waals surface area contributed by atoms with Crippen LogP contribution < -0.4 is 4.90 Å². The highest BCUT2D eigenvalue weighted by Gasteiger charge is 2.23. The molecule has 2 heterocycles. The van der Waals surface area contributed by atoms with Crippen molar-refractivity contribution in [2.75, 3.05) is 38.1 Å². The van der Waals surface area contributed by atoms with Crippen LogP contribution >= 0.6 is 0 Å². The molecule has 0 spiro atoms. The highest BCUT2D eigenvalue weighted by Crippen LogP contribution is 2.37. The molecular formula is C31H36N4O3. The van der Waals surface area contributed by atoms with Gasteiger partial charge < -0.3 is 10.0 Å². The quantitative estimate of drug-likeness (QED) is 0.414. The first-order valence-corrected chi connectivity index (χ1v) is 13.2. The Bertz CT molecular complexity index is 1270. The van der Waals surface area contributed by atoms with Gasteiger partial charge in [-0.1, -0.05) is 42.0 Å². The van der Waals surface area contributed by atoms with Gasteiger partial charge in [0.25, 0.3) is 5.91 Å². The number of para-hydroxylation sites is 1. The number of piperidine rings is 1. The molecule has 0 saturated carbocycles. The van der Waals surface area contributed by atoms with Gasteiger partial charge in [0.2, 0.25) is 0 Å². The summed E-state index contributed by atoms with van der Waals surface area (Å²) >= 11 is 0. The molecule has 1 N–H and O–H groups in total. The summed E-state index contributed by atoms with van der Waals surface area (Å²) in [5.41, 5.74) is 6.71. The molecule has 2 amide bonds. The predicted molar refractivity (Wildman–Crippen MR) is 151 cm³/mol. The molecule has 198 valence electrons. The van der Waals surface area contributed by atoms with Crippen molar-refractivity contribution < 1.29 is 14.7 Å². The fourth-order valence-electron chi connectivity index (χ4n) is 5.08. The first kappa shape index (κ1) is 27.1. The van der Waals surface area contributed by atoms with Crippen molar-refractivity contribution in [2.24, 2.45) is 0 Å². The third kappa shape index (κ3) is 6.11.